The topological polar surface area (TPSA) is 84.2 Å². The minimum absolute atomic E-state index is 0.0416. The first-order valence-corrected chi connectivity index (χ1v) is 9.31. The summed E-state index contributed by atoms with van der Waals surface area (Å²) in [6.45, 7) is 2.86. The molecule has 0 spiro atoms. The van der Waals surface area contributed by atoms with Crippen LogP contribution >= 0.6 is 0 Å². The van der Waals surface area contributed by atoms with Crippen molar-refractivity contribution in [3.8, 4) is 0 Å². The highest BCUT2D eigenvalue weighted by atomic mass is 32.2. The Morgan fingerprint density at radius 3 is 2.58 bits per heavy atom. The van der Waals surface area contributed by atoms with Gasteiger partial charge in [0, 0.05) is 51.8 Å². The van der Waals surface area contributed by atoms with Gasteiger partial charge in [-0.15, -0.1) is 0 Å². The molecule has 130 valence electrons. The number of nitrogens with zero attached hydrogens (tertiary/aromatic N) is 6. The summed E-state index contributed by atoms with van der Waals surface area (Å²) in [6, 6.07) is 0.0416. The molecule has 0 radical (unpaired) electrons. The van der Waals surface area contributed by atoms with E-state index in [9.17, 15) is 8.42 Å². The van der Waals surface area contributed by atoms with E-state index in [0.717, 1.165) is 18.4 Å². The van der Waals surface area contributed by atoms with Crippen LogP contribution in [0.4, 0.5) is 5.95 Å². The molecule has 3 heterocycles. The Morgan fingerprint density at radius 1 is 1.25 bits per heavy atom. The largest absolute Gasteiger partial charge is 0.340 e. The number of sulfonamides is 1. The fraction of sp³-hybridized carbons (Fsp3) is 0.533. The van der Waals surface area contributed by atoms with Crippen LogP contribution in [-0.2, 0) is 17.1 Å². The van der Waals surface area contributed by atoms with Crippen molar-refractivity contribution < 1.29 is 8.42 Å². The summed E-state index contributed by atoms with van der Waals surface area (Å²) >= 11 is 0. The van der Waals surface area contributed by atoms with Gasteiger partial charge in [0.1, 0.15) is 0 Å². The lowest BCUT2D eigenvalue weighted by molar-refractivity contribution is 0.308. The van der Waals surface area contributed by atoms with Crippen molar-refractivity contribution in [2.75, 3.05) is 25.0 Å². The normalized spacial score (nSPS) is 19.4. The molecule has 1 unspecified atom stereocenters. The van der Waals surface area contributed by atoms with Crippen LogP contribution in [0.15, 0.2) is 29.9 Å². The summed E-state index contributed by atoms with van der Waals surface area (Å²) in [5, 5.41) is 0.0971. The van der Waals surface area contributed by atoms with Crippen molar-refractivity contribution in [1.29, 1.82) is 0 Å². The van der Waals surface area contributed by atoms with Gasteiger partial charge in [0.15, 0.2) is 5.03 Å². The van der Waals surface area contributed by atoms with E-state index in [1.54, 1.807) is 24.0 Å². The Labute approximate surface area is 142 Å². The molecule has 1 saturated heterocycles. The monoisotopic (exact) mass is 350 g/mol. The summed E-state index contributed by atoms with van der Waals surface area (Å²) < 4.78 is 28.6. The van der Waals surface area contributed by atoms with Crippen molar-refractivity contribution in [3.63, 3.8) is 0 Å². The van der Waals surface area contributed by atoms with E-state index in [1.165, 1.54) is 16.8 Å². The first-order valence-electron chi connectivity index (χ1n) is 7.87. The van der Waals surface area contributed by atoms with Crippen molar-refractivity contribution in [2.24, 2.45) is 7.05 Å². The second-order valence-corrected chi connectivity index (χ2v) is 8.09. The first kappa shape index (κ1) is 16.8. The lowest BCUT2D eigenvalue weighted by Crippen LogP contribution is -2.49. The van der Waals surface area contributed by atoms with Gasteiger partial charge in [-0.25, -0.2) is 23.4 Å². The van der Waals surface area contributed by atoms with Gasteiger partial charge in [0.2, 0.25) is 5.95 Å². The quantitative estimate of drug-likeness (QED) is 0.811. The van der Waals surface area contributed by atoms with Gasteiger partial charge in [-0.3, -0.25) is 0 Å². The fourth-order valence-electron chi connectivity index (χ4n) is 2.84. The predicted octanol–water partition coefficient (Wildman–Crippen LogP) is 0.808. The van der Waals surface area contributed by atoms with Crippen LogP contribution in [0.1, 0.15) is 18.4 Å². The highest BCUT2D eigenvalue weighted by molar-refractivity contribution is 7.89. The predicted molar refractivity (Wildman–Crippen MR) is 90.2 cm³/mol. The van der Waals surface area contributed by atoms with Crippen LogP contribution in [0, 0.1) is 6.92 Å². The molecular formula is C15H22N6O2S. The number of aryl methyl sites for hydroxylation is 2. The SMILES string of the molecule is Cc1cnc(N(C)C2CCCN(S(=O)(=O)c3cn(C)cn3)C2)nc1. The molecule has 24 heavy (non-hydrogen) atoms. The van der Waals surface area contributed by atoms with E-state index >= 15 is 0 Å². The smallest absolute Gasteiger partial charge is 0.262 e. The molecule has 2 aromatic heterocycles. The van der Waals surface area contributed by atoms with Crippen LogP contribution in [0.5, 0.6) is 0 Å². The third-order valence-corrected chi connectivity index (χ3v) is 6.03. The molecule has 1 fully saturated rings. The Kier molecular flexibility index (Phi) is 4.55. The first-order chi connectivity index (χ1) is 11.4. The molecule has 2 aromatic rings. The van der Waals surface area contributed by atoms with Crippen molar-refractivity contribution in [1.82, 2.24) is 23.8 Å². The Morgan fingerprint density at radius 2 is 1.96 bits per heavy atom. The number of likely N-dealkylation sites (N-methyl/N-ethyl adjacent to an activating group) is 1. The minimum atomic E-state index is -3.56. The number of anilines is 1. The zero-order valence-electron chi connectivity index (χ0n) is 14.1. The molecule has 1 atom stereocenters. The van der Waals surface area contributed by atoms with Gasteiger partial charge in [-0.1, -0.05) is 0 Å². The van der Waals surface area contributed by atoms with E-state index in [4.69, 9.17) is 0 Å². The number of aromatic nitrogens is 4. The number of hydrogen-bond acceptors (Lipinski definition) is 6. The lowest BCUT2D eigenvalue weighted by atomic mass is 10.1. The zero-order valence-corrected chi connectivity index (χ0v) is 14.9. The average Bonchev–Trinajstić information content (AvgIpc) is 3.02. The molecule has 0 N–H and O–H groups in total. The molecule has 0 aliphatic carbocycles. The van der Waals surface area contributed by atoms with Gasteiger partial charge >= 0.3 is 0 Å². The van der Waals surface area contributed by atoms with E-state index < -0.39 is 10.0 Å². The number of hydrogen-bond donors (Lipinski definition) is 0. The Hall–Kier alpha value is -2.00. The zero-order chi connectivity index (χ0) is 17.3. The maximum absolute atomic E-state index is 12.8. The molecule has 1 aliphatic rings. The van der Waals surface area contributed by atoms with Gasteiger partial charge in [0.05, 0.1) is 6.33 Å². The lowest BCUT2D eigenvalue weighted by Gasteiger charge is -2.36. The van der Waals surface area contributed by atoms with Crippen molar-refractivity contribution >= 4 is 16.0 Å². The van der Waals surface area contributed by atoms with Crippen LogP contribution in [0.2, 0.25) is 0 Å². The fourth-order valence-corrected chi connectivity index (χ4v) is 4.32. The van der Waals surface area contributed by atoms with Crippen molar-refractivity contribution in [3.05, 3.63) is 30.5 Å². The second-order valence-electron chi connectivity index (χ2n) is 6.21. The molecule has 0 amide bonds. The van der Waals surface area contributed by atoms with E-state index in [-0.39, 0.29) is 11.1 Å². The maximum Gasteiger partial charge on any atom is 0.262 e. The third-order valence-electron chi connectivity index (χ3n) is 4.28. The summed E-state index contributed by atoms with van der Waals surface area (Å²) in [6.07, 6.45) is 8.27. The van der Waals surface area contributed by atoms with Crippen LogP contribution in [0.25, 0.3) is 0 Å². The van der Waals surface area contributed by atoms with Crippen LogP contribution in [0.3, 0.4) is 0 Å². The Bertz CT molecular complexity index is 802. The number of rotatable bonds is 4. The molecule has 3 rings (SSSR count). The average molecular weight is 350 g/mol. The van der Waals surface area contributed by atoms with E-state index in [1.807, 2.05) is 18.9 Å². The van der Waals surface area contributed by atoms with Crippen LogP contribution in [-0.4, -0.2) is 58.4 Å². The Balaban J connectivity index is 1.77. The standard InChI is InChI=1S/C15H22N6O2S/c1-12-7-16-15(17-8-12)20(3)13-5-4-6-21(9-13)24(22,23)14-10-19(2)11-18-14/h7-8,10-11,13H,4-6,9H2,1-3H3. The summed E-state index contributed by atoms with van der Waals surface area (Å²) in [4.78, 5) is 14.6. The van der Waals surface area contributed by atoms with Gasteiger partial charge in [-0.05, 0) is 25.3 Å². The van der Waals surface area contributed by atoms with E-state index in [0.29, 0.717) is 19.0 Å². The molecule has 8 nitrogen and oxygen atoms in total. The molecule has 0 aromatic carbocycles. The molecular weight excluding hydrogens is 328 g/mol. The van der Waals surface area contributed by atoms with Crippen LogP contribution < -0.4 is 4.90 Å². The van der Waals surface area contributed by atoms with E-state index in [2.05, 4.69) is 15.0 Å². The molecule has 0 saturated carbocycles. The summed E-state index contributed by atoms with van der Waals surface area (Å²) in [7, 11) is 0.104. The van der Waals surface area contributed by atoms with Gasteiger partial charge in [-0.2, -0.15) is 4.31 Å². The summed E-state index contributed by atoms with van der Waals surface area (Å²) in [5.74, 6) is 0.614. The highest BCUT2D eigenvalue weighted by Gasteiger charge is 2.33. The minimum Gasteiger partial charge on any atom is -0.340 e. The van der Waals surface area contributed by atoms with Crippen molar-refractivity contribution in [2.45, 2.75) is 30.8 Å². The number of imidazole rings is 1. The van der Waals surface area contributed by atoms with Gasteiger partial charge in [0.25, 0.3) is 10.0 Å². The maximum atomic E-state index is 12.8. The highest BCUT2D eigenvalue weighted by Crippen LogP contribution is 2.23. The summed E-state index contributed by atoms with van der Waals surface area (Å²) in [5.41, 5.74) is 0.996. The third kappa shape index (κ3) is 3.27. The molecule has 9 heteroatoms. The number of piperidine rings is 1. The van der Waals surface area contributed by atoms with Gasteiger partial charge < -0.3 is 9.47 Å². The molecule has 1 aliphatic heterocycles. The molecule has 0 bridgehead atoms. The second kappa shape index (κ2) is 6.48.